The Bertz CT molecular complexity index is 454. The second-order valence-corrected chi connectivity index (χ2v) is 5.81. The summed E-state index contributed by atoms with van der Waals surface area (Å²) in [6.45, 7) is 3.33. The zero-order valence-corrected chi connectivity index (χ0v) is 14.6. The monoisotopic (exact) mass is 340 g/mol. The van der Waals surface area contributed by atoms with Gasteiger partial charge in [-0.2, -0.15) is 0 Å². The first-order valence-corrected chi connectivity index (χ1v) is 8.33. The standard InChI is InChI=1S/C18H28O6/c1-4-10-22-12-14-15(19)16(20-2)17(18(21-3)24-14)23-11-13-8-6-5-7-9-13/h5-9,14-19H,4,10-12H2,1-3H3/t14?,15-,16+,17?,18+/m1/s1. The minimum atomic E-state index is -0.848. The van der Waals surface area contributed by atoms with Gasteiger partial charge >= 0.3 is 0 Å². The number of aliphatic hydroxyl groups is 1. The summed E-state index contributed by atoms with van der Waals surface area (Å²) in [4.78, 5) is 0. The summed E-state index contributed by atoms with van der Waals surface area (Å²) in [6, 6.07) is 9.81. The SMILES string of the molecule is CCCOCC1O[C@H](OC)C(OCc2ccccc2)[C@@H](OC)[C@@H]1O. The molecule has 5 atom stereocenters. The van der Waals surface area contributed by atoms with Crippen LogP contribution in [0.25, 0.3) is 0 Å². The lowest BCUT2D eigenvalue weighted by molar-refractivity contribution is -0.310. The lowest BCUT2D eigenvalue weighted by atomic mass is 9.98. The first-order chi connectivity index (χ1) is 11.7. The summed E-state index contributed by atoms with van der Waals surface area (Å²) in [5, 5.41) is 10.5. The molecule has 0 spiro atoms. The predicted octanol–water partition coefficient (Wildman–Crippen LogP) is 1.75. The van der Waals surface area contributed by atoms with E-state index in [1.807, 2.05) is 37.3 Å². The molecule has 6 heteroatoms. The molecule has 1 heterocycles. The topological polar surface area (TPSA) is 66.4 Å². The van der Waals surface area contributed by atoms with Crippen molar-refractivity contribution in [2.45, 2.75) is 50.7 Å². The molecule has 1 aliphatic rings. The van der Waals surface area contributed by atoms with Crippen LogP contribution in [0.15, 0.2) is 30.3 Å². The Morgan fingerprint density at radius 2 is 1.83 bits per heavy atom. The van der Waals surface area contributed by atoms with Crippen molar-refractivity contribution in [3.63, 3.8) is 0 Å². The predicted molar refractivity (Wildman–Crippen MR) is 88.6 cm³/mol. The first-order valence-electron chi connectivity index (χ1n) is 8.33. The van der Waals surface area contributed by atoms with E-state index in [1.165, 1.54) is 0 Å². The average Bonchev–Trinajstić information content (AvgIpc) is 2.62. The van der Waals surface area contributed by atoms with Gasteiger partial charge in [-0.1, -0.05) is 37.3 Å². The maximum atomic E-state index is 10.5. The Morgan fingerprint density at radius 1 is 1.08 bits per heavy atom. The number of benzene rings is 1. The minimum absolute atomic E-state index is 0.292. The van der Waals surface area contributed by atoms with Crippen LogP contribution in [-0.2, 0) is 30.3 Å². The third-order valence-electron chi connectivity index (χ3n) is 4.04. The summed E-state index contributed by atoms with van der Waals surface area (Å²) in [5.41, 5.74) is 1.03. The molecule has 0 aromatic heterocycles. The number of ether oxygens (including phenoxy) is 5. The van der Waals surface area contributed by atoms with Crippen LogP contribution in [0.3, 0.4) is 0 Å². The van der Waals surface area contributed by atoms with Gasteiger partial charge in [-0.15, -0.1) is 0 Å². The number of methoxy groups -OCH3 is 2. The highest BCUT2D eigenvalue weighted by Crippen LogP contribution is 2.27. The van der Waals surface area contributed by atoms with Gasteiger partial charge in [0.1, 0.15) is 24.4 Å². The normalized spacial score (nSPS) is 30.4. The Hall–Kier alpha value is -1.02. The van der Waals surface area contributed by atoms with Gasteiger partial charge in [-0.25, -0.2) is 0 Å². The Kier molecular flexibility index (Phi) is 8.11. The van der Waals surface area contributed by atoms with Gasteiger partial charge in [0.15, 0.2) is 6.29 Å². The molecule has 0 bridgehead atoms. The third kappa shape index (κ3) is 4.99. The number of hydrogen-bond donors (Lipinski definition) is 1. The maximum Gasteiger partial charge on any atom is 0.186 e. The number of rotatable bonds is 9. The molecule has 1 aromatic rings. The highest BCUT2D eigenvalue weighted by atomic mass is 16.7. The molecule has 0 aliphatic carbocycles. The van der Waals surface area contributed by atoms with Crippen molar-refractivity contribution in [1.82, 2.24) is 0 Å². The van der Waals surface area contributed by atoms with Crippen molar-refractivity contribution in [2.75, 3.05) is 27.4 Å². The molecular weight excluding hydrogens is 312 g/mol. The van der Waals surface area contributed by atoms with Gasteiger partial charge in [0.25, 0.3) is 0 Å². The van der Waals surface area contributed by atoms with Crippen molar-refractivity contribution in [3.8, 4) is 0 Å². The second kappa shape index (κ2) is 10.1. The lowest BCUT2D eigenvalue weighted by Crippen LogP contribution is -2.60. The summed E-state index contributed by atoms with van der Waals surface area (Å²) in [5.74, 6) is 0. The Morgan fingerprint density at radius 3 is 2.46 bits per heavy atom. The summed E-state index contributed by atoms with van der Waals surface area (Å²) in [7, 11) is 3.10. The Labute approximate surface area is 143 Å². The van der Waals surface area contributed by atoms with Crippen molar-refractivity contribution >= 4 is 0 Å². The number of aliphatic hydroxyl groups excluding tert-OH is 1. The van der Waals surface area contributed by atoms with E-state index in [4.69, 9.17) is 23.7 Å². The maximum absolute atomic E-state index is 10.5. The number of hydrogen-bond acceptors (Lipinski definition) is 6. The van der Waals surface area contributed by atoms with E-state index < -0.39 is 30.7 Å². The third-order valence-corrected chi connectivity index (χ3v) is 4.04. The summed E-state index contributed by atoms with van der Waals surface area (Å²) >= 11 is 0. The van der Waals surface area contributed by atoms with Crippen molar-refractivity contribution in [1.29, 1.82) is 0 Å². The zero-order chi connectivity index (χ0) is 17.4. The fraction of sp³-hybridized carbons (Fsp3) is 0.667. The van der Waals surface area contributed by atoms with E-state index in [0.717, 1.165) is 12.0 Å². The van der Waals surface area contributed by atoms with Gasteiger partial charge < -0.3 is 28.8 Å². The molecule has 136 valence electrons. The van der Waals surface area contributed by atoms with E-state index in [2.05, 4.69) is 0 Å². The summed E-state index contributed by atoms with van der Waals surface area (Å²) in [6.07, 6.45) is -2.16. The van der Waals surface area contributed by atoms with E-state index in [0.29, 0.717) is 19.8 Å². The van der Waals surface area contributed by atoms with E-state index in [9.17, 15) is 5.11 Å². The van der Waals surface area contributed by atoms with Crippen LogP contribution in [0.5, 0.6) is 0 Å². The van der Waals surface area contributed by atoms with Crippen molar-refractivity contribution in [3.05, 3.63) is 35.9 Å². The van der Waals surface area contributed by atoms with E-state index in [1.54, 1.807) is 14.2 Å². The average molecular weight is 340 g/mol. The van der Waals surface area contributed by atoms with Crippen LogP contribution < -0.4 is 0 Å². The van der Waals surface area contributed by atoms with E-state index >= 15 is 0 Å². The van der Waals surface area contributed by atoms with Crippen molar-refractivity contribution in [2.24, 2.45) is 0 Å². The van der Waals surface area contributed by atoms with Crippen LogP contribution in [-0.4, -0.2) is 63.2 Å². The van der Waals surface area contributed by atoms with Gasteiger partial charge in [-0.05, 0) is 12.0 Å². The molecule has 0 saturated carbocycles. The molecule has 1 saturated heterocycles. The largest absolute Gasteiger partial charge is 0.387 e. The molecule has 1 fully saturated rings. The molecule has 6 nitrogen and oxygen atoms in total. The molecule has 24 heavy (non-hydrogen) atoms. The highest BCUT2D eigenvalue weighted by molar-refractivity contribution is 5.13. The fourth-order valence-corrected chi connectivity index (χ4v) is 2.78. The van der Waals surface area contributed by atoms with Gasteiger partial charge in [0, 0.05) is 20.8 Å². The van der Waals surface area contributed by atoms with E-state index in [-0.39, 0.29) is 0 Å². The lowest BCUT2D eigenvalue weighted by Gasteiger charge is -2.43. The van der Waals surface area contributed by atoms with Crippen LogP contribution in [0.2, 0.25) is 0 Å². The molecule has 2 rings (SSSR count). The van der Waals surface area contributed by atoms with Gasteiger partial charge in [0.2, 0.25) is 0 Å². The van der Waals surface area contributed by atoms with Crippen molar-refractivity contribution < 1.29 is 28.8 Å². The summed E-state index contributed by atoms with van der Waals surface area (Å²) < 4.78 is 28.2. The Balaban J connectivity index is 2.00. The van der Waals surface area contributed by atoms with Gasteiger partial charge in [-0.3, -0.25) is 0 Å². The van der Waals surface area contributed by atoms with Crippen LogP contribution in [0.4, 0.5) is 0 Å². The quantitative estimate of drug-likeness (QED) is 0.691. The molecule has 0 amide bonds. The van der Waals surface area contributed by atoms with Crippen LogP contribution >= 0.6 is 0 Å². The zero-order valence-electron chi connectivity index (χ0n) is 14.6. The smallest absolute Gasteiger partial charge is 0.186 e. The van der Waals surface area contributed by atoms with Crippen LogP contribution in [0, 0.1) is 0 Å². The molecular formula is C18H28O6. The molecule has 1 aromatic carbocycles. The minimum Gasteiger partial charge on any atom is -0.387 e. The van der Waals surface area contributed by atoms with Crippen LogP contribution in [0.1, 0.15) is 18.9 Å². The molecule has 1 aliphatic heterocycles. The fourth-order valence-electron chi connectivity index (χ4n) is 2.78. The molecule has 0 radical (unpaired) electrons. The highest BCUT2D eigenvalue weighted by Gasteiger charge is 2.46. The van der Waals surface area contributed by atoms with Gasteiger partial charge in [0.05, 0.1) is 13.2 Å². The molecule has 2 unspecified atom stereocenters. The molecule has 1 N–H and O–H groups in total. The second-order valence-electron chi connectivity index (χ2n) is 5.81. The first kappa shape index (κ1) is 19.3.